The van der Waals surface area contributed by atoms with E-state index in [0.29, 0.717) is 11.3 Å². The molecule has 0 N–H and O–H groups in total. The van der Waals surface area contributed by atoms with Crippen molar-refractivity contribution >= 4 is 39.0 Å². The quantitative estimate of drug-likeness (QED) is 0.131. The van der Waals surface area contributed by atoms with Gasteiger partial charge in [0.2, 0.25) is 5.75 Å². The molecule has 0 fully saturated rings. The van der Waals surface area contributed by atoms with Crippen LogP contribution in [0.2, 0.25) is 0 Å². The summed E-state index contributed by atoms with van der Waals surface area (Å²) < 4.78 is 8.63. The third-order valence-corrected chi connectivity index (χ3v) is 6.25. The molecule has 1 aromatic heterocycles. The summed E-state index contributed by atoms with van der Waals surface area (Å²) in [6, 6.07) is 22.0. The van der Waals surface area contributed by atoms with Gasteiger partial charge in [0.1, 0.15) is 5.75 Å². The zero-order chi connectivity index (χ0) is 26.7. The number of nitro groups is 2. The molecule has 0 saturated heterocycles. The molecule has 4 aromatic rings. The molecule has 0 aliphatic heterocycles. The second-order valence-electron chi connectivity index (χ2n) is 8.10. The van der Waals surface area contributed by atoms with E-state index in [1.165, 1.54) is 6.07 Å². The van der Waals surface area contributed by atoms with Gasteiger partial charge in [0, 0.05) is 27.6 Å². The SMILES string of the molecule is Cc1cc(/C=C(/C#N)c2ccc(Br)cc2)c(C)n1-c1ccc(Oc2ccc([N+](=O)[O-])cc2[N+](=O)[O-])cc1. The molecule has 37 heavy (non-hydrogen) atoms. The number of nitrogens with zero attached hydrogens (tertiary/aromatic N) is 4. The fourth-order valence-corrected chi connectivity index (χ4v) is 4.20. The largest absolute Gasteiger partial charge is 0.450 e. The first-order valence-corrected chi connectivity index (χ1v) is 11.7. The molecule has 3 aromatic carbocycles. The van der Waals surface area contributed by atoms with Crippen molar-refractivity contribution in [3.05, 3.63) is 120 Å². The maximum atomic E-state index is 11.4. The van der Waals surface area contributed by atoms with Crippen LogP contribution in [0.3, 0.4) is 0 Å². The van der Waals surface area contributed by atoms with Crippen molar-refractivity contribution in [1.82, 2.24) is 4.57 Å². The number of rotatable bonds is 7. The Morgan fingerprint density at radius 3 is 2.24 bits per heavy atom. The number of hydrogen-bond donors (Lipinski definition) is 0. The lowest BCUT2D eigenvalue weighted by Gasteiger charge is -2.11. The summed E-state index contributed by atoms with van der Waals surface area (Å²) in [4.78, 5) is 20.9. The van der Waals surface area contributed by atoms with Crippen LogP contribution in [0.4, 0.5) is 11.4 Å². The summed E-state index contributed by atoms with van der Waals surface area (Å²) in [6.45, 7) is 3.92. The number of benzene rings is 3. The molecule has 0 radical (unpaired) electrons. The van der Waals surface area contributed by atoms with Crippen molar-refractivity contribution in [2.24, 2.45) is 0 Å². The van der Waals surface area contributed by atoms with Crippen LogP contribution in [0, 0.1) is 45.4 Å². The van der Waals surface area contributed by atoms with Crippen LogP contribution in [0.5, 0.6) is 11.5 Å². The standard InChI is InChI=1S/C27H19BrN4O5/c1-17-13-20(14-21(16-29)19-3-5-22(28)6-4-19)18(2)30(17)23-7-10-25(11-8-23)37-27-12-9-24(31(33)34)15-26(27)32(35)36/h3-15H,1-2H3/b21-14-. The van der Waals surface area contributed by atoms with Crippen LogP contribution in [0.15, 0.2) is 77.3 Å². The van der Waals surface area contributed by atoms with Gasteiger partial charge in [0.25, 0.3) is 5.69 Å². The summed E-state index contributed by atoms with van der Waals surface area (Å²) in [7, 11) is 0. The Hall–Kier alpha value is -4.75. The molecule has 0 aliphatic carbocycles. The molecule has 0 spiro atoms. The van der Waals surface area contributed by atoms with Gasteiger partial charge >= 0.3 is 5.69 Å². The minimum atomic E-state index is -0.720. The highest BCUT2D eigenvalue weighted by molar-refractivity contribution is 9.10. The van der Waals surface area contributed by atoms with Gasteiger partial charge in [-0.2, -0.15) is 5.26 Å². The van der Waals surface area contributed by atoms with E-state index < -0.39 is 21.2 Å². The highest BCUT2D eigenvalue weighted by Crippen LogP contribution is 2.35. The number of hydrogen-bond acceptors (Lipinski definition) is 6. The van der Waals surface area contributed by atoms with E-state index in [1.54, 1.807) is 24.3 Å². The molecule has 0 amide bonds. The third kappa shape index (κ3) is 5.42. The molecule has 4 rings (SSSR count). The van der Waals surface area contributed by atoms with Gasteiger partial charge in [-0.05, 0) is 79.6 Å². The fourth-order valence-electron chi connectivity index (χ4n) is 3.93. The van der Waals surface area contributed by atoms with Crippen molar-refractivity contribution < 1.29 is 14.6 Å². The molecule has 0 bridgehead atoms. The zero-order valence-electron chi connectivity index (χ0n) is 19.7. The minimum absolute atomic E-state index is 0.0962. The first kappa shape index (κ1) is 25.3. The lowest BCUT2D eigenvalue weighted by Crippen LogP contribution is -1.99. The van der Waals surface area contributed by atoms with Crippen molar-refractivity contribution in [2.45, 2.75) is 13.8 Å². The van der Waals surface area contributed by atoms with E-state index in [2.05, 4.69) is 22.0 Å². The average molecular weight is 559 g/mol. The Balaban J connectivity index is 1.63. The van der Waals surface area contributed by atoms with Gasteiger partial charge in [-0.15, -0.1) is 0 Å². The van der Waals surface area contributed by atoms with Crippen LogP contribution in [0.25, 0.3) is 17.3 Å². The molecular formula is C27H19BrN4O5. The number of nitro benzene ring substituents is 2. The Morgan fingerprint density at radius 2 is 1.65 bits per heavy atom. The second-order valence-corrected chi connectivity index (χ2v) is 9.02. The van der Waals surface area contributed by atoms with Crippen molar-refractivity contribution in [1.29, 1.82) is 5.26 Å². The molecule has 0 aliphatic rings. The fraction of sp³-hybridized carbons (Fsp3) is 0.0741. The molecule has 10 heteroatoms. The van der Waals surface area contributed by atoms with Crippen molar-refractivity contribution in [3.63, 3.8) is 0 Å². The van der Waals surface area contributed by atoms with E-state index in [-0.39, 0.29) is 5.75 Å². The minimum Gasteiger partial charge on any atom is -0.450 e. The van der Waals surface area contributed by atoms with Crippen LogP contribution >= 0.6 is 15.9 Å². The van der Waals surface area contributed by atoms with E-state index in [0.717, 1.165) is 44.8 Å². The summed E-state index contributed by atoms with van der Waals surface area (Å²) in [5.74, 6) is 0.242. The topological polar surface area (TPSA) is 124 Å². The molecule has 0 unspecified atom stereocenters. The molecule has 184 valence electrons. The van der Waals surface area contributed by atoms with Crippen LogP contribution in [-0.2, 0) is 0 Å². The molecule has 0 saturated carbocycles. The van der Waals surface area contributed by atoms with E-state index in [1.807, 2.05) is 54.8 Å². The first-order valence-electron chi connectivity index (χ1n) is 11.0. The lowest BCUT2D eigenvalue weighted by molar-refractivity contribution is -0.394. The van der Waals surface area contributed by atoms with Crippen LogP contribution in [0.1, 0.15) is 22.5 Å². The molecule has 9 nitrogen and oxygen atoms in total. The van der Waals surface area contributed by atoms with Crippen LogP contribution < -0.4 is 4.74 Å². The van der Waals surface area contributed by atoms with Gasteiger partial charge in [-0.3, -0.25) is 20.2 Å². The van der Waals surface area contributed by atoms with E-state index in [4.69, 9.17) is 4.74 Å². The summed E-state index contributed by atoms with van der Waals surface area (Å²) in [5, 5.41) is 32.0. The van der Waals surface area contributed by atoms with Crippen molar-refractivity contribution in [3.8, 4) is 23.3 Å². The smallest absolute Gasteiger partial charge is 0.318 e. The van der Waals surface area contributed by atoms with Gasteiger partial charge in [-0.1, -0.05) is 28.1 Å². The Bertz CT molecular complexity index is 1580. The number of halogens is 1. The van der Waals surface area contributed by atoms with E-state index >= 15 is 0 Å². The summed E-state index contributed by atoms with van der Waals surface area (Å²) >= 11 is 3.41. The third-order valence-electron chi connectivity index (χ3n) is 5.72. The van der Waals surface area contributed by atoms with E-state index in [9.17, 15) is 25.5 Å². The molecule has 1 heterocycles. The number of aromatic nitrogens is 1. The molecule has 0 atom stereocenters. The number of ether oxygens (including phenoxy) is 1. The maximum absolute atomic E-state index is 11.4. The lowest BCUT2D eigenvalue weighted by atomic mass is 10.0. The second kappa shape index (κ2) is 10.5. The van der Waals surface area contributed by atoms with Gasteiger partial charge in [-0.25, -0.2) is 0 Å². The zero-order valence-corrected chi connectivity index (χ0v) is 21.3. The van der Waals surface area contributed by atoms with Gasteiger partial charge in [0.15, 0.2) is 0 Å². The molecular weight excluding hydrogens is 540 g/mol. The van der Waals surface area contributed by atoms with Crippen LogP contribution in [-0.4, -0.2) is 14.4 Å². The Labute approximate surface area is 220 Å². The Kier molecular flexibility index (Phi) is 7.18. The van der Waals surface area contributed by atoms with Gasteiger partial charge < -0.3 is 9.30 Å². The number of aryl methyl sites for hydroxylation is 1. The summed E-state index contributed by atoms with van der Waals surface area (Å²) in [6.07, 6.45) is 1.85. The number of nitriles is 1. The number of non-ortho nitro benzene ring substituents is 1. The monoisotopic (exact) mass is 558 g/mol. The predicted molar refractivity (Wildman–Crippen MR) is 143 cm³/mol. The maximum Gasteiger partial charge on any atom is 0.318 e. The number of allylic oxidation sites excluding steroid dienone is 1. The normalized spacial score (nSPS) is 11.1. The average Bonchev–Trinajstić information content (AvgIpc) is 3.16. The first-order chi connectivity index (χ1) is 17.7. The van der Waals surface area contributed by atoms with Crippen molar-refractivity contribution in [2.75, 3.05) is 0 Å². The Morgan fingerprint density at radius 1 is 0.973 bits per heavy atom. The highest BCUT2D eigenvalue weighted by atomic mass is 79.9. The van der Waals surface area contributed by atoms with Gasteiger partial charge in [0.05, 0.1) is 27.6 Å². The predicted octanol–water partition coefficient (Wildman–Crippen LogP) is 7.53. The summed E-state index contributed by atoms with van der Waals surface area (Å²) in [5.41, 5.74) is 4.10. The highest BCUT2D eigenvalue weighted by Gasteiger charge is 2.21.